The molecule has 31 heavy (non-hydrogen) atoms. The summed E-state index contributed by atoms with van der Waals surface area (Å²) in [4.78, 5) is 40.5. The van der Waals surface area contributed by atoms with Crippen LogP contribution in [0.1, 0.15) is 30.4 Å². The second kappa shape index (κ2) is 6.37. The average molecular weight is 428 g/mol. The molecule has 0 aromatic heterocycles. The quantitative estimate of drug-likeness (QED) is 0.270. The number of ketones is 2. The predicted molar refractivity (Wildman–Crippen MR) is 102 cm³/mol. The first kappa shape index (κ1) is 20.5. The predicted octanol–water partition coefficient (Wildman–Crippen LogP) is 0.440. The largest absolute Gasteiger partial charge is 0.508 e. The Morgan fingerprint density at radius 1 is 1.26 bits per heavy atom. The van der Waals surface area contributed by atoms with Gasteiger partial charge in [-0.15, -0.1) is 0 Å². The van der Waals surface area contributed by atoms with E-state index in [0.29, 0.717) is 0 Å². The number of amides is 1. The molecule has 1 aromatic carbocycles. The first-order valence-electron chi connectivity index (χ1n) is 9.34. The lowest BCUT2D eigenvalue weighted by atomic mass is 9.55. The van der Waals surface area contributed by atoms with Crippen molar-refractivity contribution in [3.63, 3.8) is 0 Å². The van der Waals surface area contributed by atoms with Gasteiger partial charge in [-0.25, -0.2) is 0 Å². The number of rotatable bonds is 1. The van der Waals surface area contributed by atoms with Gasteiger partial charge >= 0.3 is 5.69 Å². The van der Waals surface area contributed by atoms with E-state index in [1.54, 1.807) is 6.92 Å². The molecule has 4 rings (SSSR count). The molecule has 3 aliphatic carbocycles. The Bertz CT molecular complexity index is 1190. The number of aliphatic hydroxyl groups excluding tert-OH is 3. The van der Waals surface area contributed by atoms with Gasteiger partial charge in [-0.2, -0.15) is 0 Å². The molecule has 1 amide bonds. The van der Waals surface area contributed by atoms with E-state index in [2.05, 4.69) is 4.98 Å². The molecule has 0 heterocycles. The summed E-state index contributed by atoms with van der Waals surface area (Å²) < 4.78 is 0. The Morgan fingerprint density at radius 3 is 2.48 bits per heavy atom. The van der Waals surface area contributed by atoms with Crippen LogP contribution in [-0.4, -0.2) is 54.7 Å². The number of phenolic OH excluding ortho intramolecular Hbond substituents is 1. The van der Waals surface area contributed by atoms with E-state index in [0.717, 1.165) is 6.07 Å². The lowest BCUT2D eigenvalue weighted by Crippen LogP contribution is -2.63. The van der Waals surface area contributed by atoms with Crippen LogP contribution in [-0.2, 0) is 14.4 Å². The molecule has 160 valence electrons. The summed E-state index contributed by atoms with van der Waals surface area (Å²) in [5, 5.41) is 63.2. The molecule has 1 aromatic rings. The third kappa shape index (κ3) is 2.34. The summed E-state index contributed by atoms with van der Waals surface area (Å²) >= 11 is 0. The molecule has 7 N–H and O–H groups in total. The number of diazo groups is 1. The van der Waals surface area contributed by atoms with Crippen LogP contribution in [0, 0.1) is 17.2 Å². The maximum atomic E-state index is 13.4. The lowest BCUT2D eigenvalue weighted by molar-refractivity contribution is -0.160. The van der Waals surface area contributed by atoms with Gasteiger partial charge in [-0.05, 0) is 12.0 Å². The smallest absolute Gasteiger partial charge is 0.389 e. The van der Waals surface area contributed by atoms with E-state index in [9.17, 15) is 45.3 Å². The highest BCUT2D eigenvalue weighted by atomic mass is 16.4. The summed E-state index contributed by atoms with van der Waals surface area (Å²) in [5.41, 5.74) is 0.664. The number of benzene rings is 1. The van der Waals surface area contributed by atoms with Gasteiger partial charge in [-0.1, -0.05) is 6.92 Å². The average Bonchev–Trinajstić information content (AvgIpc) is 2.70. The monoisotopic (exact) mass is 428 g/mol. The Hall–Kier alpha value is -3.75. The van der Waals surface area contributed by atoms with E-state index < -0.39 is 81.8 Å². The number of nitrogens with zero attached hydrogens (tertiary/aromatic N) is 2. The summed E-state index contributed by atoms with van der Waals surface area (Å²) in [5.74, 6) is -9.60. The minimum absolute atomic E-state index is 0.0233. The normalized spacial score (nSPS) is 32.2. The van der Waals surface area contributed by atoms with Gasteiger partial charge in [-0.3, -0.25) is 14.4 Å². The third-order valence-corrected chi connectivity index (χ3v) is 6.56. The second-order valence-electron chi connectivity index (χ2n) is 7.98. The van der Waals surface area contributed by atoms with Gasteiger partial charge in [0.2, 0.25) is 11.2 Å². The zero-order valence-corrected chi connectivity index (χ0v) is 16.1. The second-order valence-corrected chi connectivity index (χ2v) is 7.98. The van der Waals surface area contributed by atoms with E-state index in [1.807, 2.05) is 0 Å². The summed E-state index contributed by atoms with van der Waals surface area (Å²) in [6.07, 6.45) is -2.30. The highest BCUT2D eigenvalue weighted by Crippen LogP contribution is 2.57. The minimum Gasteiger partial charge on any atom is -0.508 e. The van der Waals surface area contributed by atoms with Crippen LogP contribution in [0.5, 0.6) is 5.75 Å². The molecule has 1 saturated carbocycles. The number of hydrogen-bond acceptors (Lipinski definition) is 9. The van der Waals surface area contributed by atoms with Gasteiger partial charge in [0.25, 0.3) is 5.91 Å². The van der Waals surface area contributed by atoms with Crippen molar-refractivity contribution in [1.29, 1.82) is 5.39 Å². The number of aliphatic hydroxyl groups is 4. The molecule has 0 aliphatic heterocycles. The fourth-order valence-electron chi connectivity index (χ4n) is 5.14. The number of fused-ring (bicyclic) bond motifs is 3. The van der Waals surface area contributed by atoms with Gasteiger partial charge in [0.05, 0.1) is 17.2 Å². The Kier molecular flexibility index (Phi) is 4.22. The number of aromatic hydroxyl groups is 1. The fraction of sp³-hybridized carbons (Fsp3) is 0.350. The summed E-state index contributed by atoms with van der Waals surface area (Å²) in [7, 11) is 0. The van der Waals surface area contributed by atoms with Gasteiger partial charge in [0.15, 0.2) is 16.4 Å². The molecule has 11 heteroatoms. The van der Waals surface area contributed by atoms with Crippen molar-refractivity contribution >= 4 is 28.9 Å². The van der Waals surface area contributed by atoms with Crippen LogP contribution in [0.2, 0.25) is 0 Å². The molecule has 3 aliphatic rings. The molecular weight excluding hydrogens is 410 g/mol. The molecule has 5 atom stereocenters. The van der Waals surface area contributed by atoms with Crippen molar-refractivity contribution in [1.82, 2.24) is 0 Å². The Morgan fingerprint density at radius 2 is 1.90 bits per heavy atom. The number of primary amides is 1. The van der Waals surface area contributed by atoms with E-state index >= 15 is 0 Å². The molecule has 11 nitrogen and oxygen atoms in total. The Labute approximate surface area is 174 Å². The molecule has 1 fully saturated rings. The van der Waals surface area contributed by atoms with Crippen molar-refractivity contribution < 1.29 is 39.9 Å². The number of nitrogens with two attached hydrogens (primary N) is 1. The van der Waals surface area contributed by atoms with Crippen LogP contribution >= 0.6 is 0 Å². The zero-order valence-electron chi connectivity index (χ0n) is 16.1. The minimum atomic E-state index is -2.89. The highest BCUT2D eigenvalue weighted by molar-refractivity contribution is 6.23. The van der Waals surface area contributed by atoms with Crippen molar-refractivity contribution in [2.75, 3.05) is 0 Å². The fourth-order valence-corrected chi connectivity index (χ4v) is 5.14. The number of phenols is 1. The van der Waals surface area contributed by atoms with Crippen molar-refractivity contribution in [2.45, 2.75) is 31.0 Å². The maximum Gasteiger partial charge on any atom is 0.389 e. The van der Waals surface area contributed by atoms with Crippen LogP contribution in [0.4, 0.5) is 5.69 Å². The topological polar surface area (TPSA) is 207 Å². The number of carbonyl (C=O) groups is 3. The standard InChI is InChI=1S/C20H17N3O8/c1-5-10-7(23-22)2-3-8(24)12(10)16(27)14-11(5)15(26)6-4-9(25)13(19(21)30)17(28)20(6,31)18(14)29/h2-3,5-6,11,15,26,31H,4H2,1H3,(H4-,21,24,25,27,28,29,30)/p+1/t5-,6+,11+,15-,20+/m0/s1. The summed E-state index contributed by atoms with van der Waals surface area (Å²) in [6, 6.07) is 2.40. The molecule has 0 spiro atoms. The van der Waals surface area contributed by atoms with Crippen LogP contribution in [0.3, 0.4) is 0 Å². The zero-order chi connectivity index (χ0) is 23.0. The van der Waals surface area contributed by atoms with Crippen molar-refractivity contribution in [2.24, 2.45) is 17.6 Å². The van der Waals surface area contributed by atoms with Gasteiger partial charge in [0, 0.05) is 29.9 Å². The first-order chi connectivity index (χ1) is 14.5. The van der Waals surface area contributed by atoms with E-state index in [-0.39, 0.29) is 16.8 Å². The van der Waals surface area contributed by atoms with Crippen LogP contribution < -0.4 is 5.73 Å². The molecular formula is C20H18N3O8+. The summed E-state index contributed by atoms with van der Waals surface area (Å²) in [6.45, 7) is 1.54. The number of hydrogen-bond donors (Lipinski definition) is 6. The van der Waals surface area contributed by atoms with E-state index in [4.69, 9.17) is 5.73 Å². The molecule has 0 bridgehead atoms. The van der Waals surface area contributed by atoms with Crippen LogP contribution in [0.15, 0.2) is 29.0 Å². The maximum absolute atomic E-state index is 13.4. The molecule has 0 radical (unpaired) electrons. The van der Waals surface area contributed by atoms with Crippen LogP contribution in [0.25, 0.3) is 10.7 Å². The van der Waals surface area contributed by atoms with E-state index in [1.165, 1.54) is 6.07 Å². The number of Topliss-reactive ketones (excluding diaryl/α,β-unsaturated/α-hetero) is 2. The Balaban J connectivity index is 2.05. The van der Waals surface area contributed by atoms with Gasteiger partial charge < -0.3 is 31.3 Å². The SMILES string of the molecule is C[C@H]1c2c([N+]#N)ccc(O)c2C(O)=C2C(=O)[C@]3(O)C(O)=C(C(N)=O)C(=O)C[C@@H]3[C@H](O)[C@@H]21. The molecule has 0 unspecified atom stereocenters. The van der Waals surface area contributed by atoms with Crippen molar-refractivity contribution in [3.05, 3.63) is 45.1 Å². The first-order valence-corrected chi connectivity index (χ1v) is 9.34. The lowest BCUT2D eigenvalue weighted by Gasteiger charge is -2.50. The third-order valence-electron chi connectivity index (χ3n) is 6.56. The number of carbonyl (C=O) groups excluding carboxylic acids is 3. The highest BCUT2D eigenvalue weighted by Gasteiger charge is 2.65. The van der Waals surface area contributed by atoms with Gasteiger partial charge in [0.1, 0.15) is 22.8 Å². The molecule has 0 saturated heterocycles. The van der Waals surface area contributed by atoms with Crippen molar-refractivity contribution in [3.8, 4) is 5.75 Å².